The average molecular weight is 409 g/mol. The lowest BCUT2D eigenvalue weighted by molar-refractivity contribution is -0.207. The number of fused-ring (bicyclic) bond motifs is 5. The van der Waals surface area contributed by atoms with E-state index in [0.29, 0.717) is 30.1 Å². The molecule has 0 heterocycles. The molecule has 4 N–H and O–H groups in total. The molecule has 29 heavy (non-hydrogen) atoms. The normalized spacial score (nSPS) is 52.9. The number of carbonyl (C=O) groups is 1. The molecule has 0 bridgehead atoms. The monoisotopic (exact) mass is 408 g/mol. The largest absolute Gasteiger partial charge is 0.481 e. The molecule has 4 rings (SSSR count). The predicted octanol–water partition coefficient (Wildman–Crippen LogP) is 3.45. The molecule has 166 valence electrons. The number of hydrogen-bond acceptors (Lipinski definition) is 4. The maximum Gasteiger partial charge on any atom is 0.303 e. The number of aliphatic hydroxyl groups is 3. The second kappa shape index (κ2) is 7.49. The van der Waals surface area contributed by atoms with Crippen molar-refractivity contribution in [2.24, 2.45) is 46.3 Å². The van der Waals surface area contributed by atoms with Crippen molar-refractivity contribution in [3.8, 4) is 0 Å². The van der Waals surface area contributed by atoms with Gasteiger partial charge in [0, 0.05) is 6.42 Å². The smallest absolute Gasteiger partial charge is 0.303 e. The van der Waals surface area contributed by atoms with Crippen molar-refractivity contribution in [3.63, 3.8) is 0 Å². The molecule has 0 radical (unpaired) electrons. The Hall–Kier alpha value is -0.650. The van der Waals surface area contributed by atoms with Crippen LogP contribution in [-0.4, -0.2) is 44.7 Å². The molecule has 0 amide bonds. The van der Waals surface area contributed by atoms with Crippen LogP contribution in [0, 0.1) is 46.3 Å². The van der Waals surface area contributed by atoms with Gasteiger partial charge in [0.1, 0.15) is 0 Å². The zero-order chi connectivity index (χ0) is 21.1. The van der Waals surface area contributed by atoms with Crippen LogP contribution in [0.5, 0.6) is 0 Å². The van der Waals surface area contributed by atoms with Crippen molar-refractivity contribution in [1.29, 1.82) is 0 Å². The van der Waals surface area contributed by atoms with Crippen molar-refractivity contribution in [1.82, 2.24) is 0 Å². The average Bonchev–Trinajstić information content (AvgIpc) is 3.01. The SMILES string of the molecule is C[C@H](CCC(=O)O)[C@H]1CC[C@H]2[C@@H]3C(O)C[C@@H]4C[C@H](O)CC[C@]4(C)[C@H]3C[C@H](O)[C@]12C. The summed E-state index contributed by atoms with van der Waals surface area (Å²) in [4.78, 5) is 11.1. The molecule has 0 saturated heterocycles. The van der Waals surface area contributed by atoms with Crippen LogP contribution < -0.4 is 0 Å². The van der Waals surface area contributed by atoms with E-state index in [2.05, 4.69) is 20.8 Å². The van der Waals surface area contributed by atoms with E-state index >= 15 is 0 Å². The third-order valence-corrected chi connectivity index (χ3v) is 10.3. The molecule has 0 aliphatic heterocycles. The highest BCUT2D eigenvalue weighted by atomic mass is 16.4. The highest BCUT2D eigenvalue weighted by Gasteiger charge is 2.65. The van der Waals surface area contributed by atoms with Crippen LogP contribution in [0.3, 0.4) is 0 Å². The van der Waals surface area contributed by atoms with Crippen LogP contribution >= 0.6 is 0 Å². The lowest BCUT2D eigenvalue weighted by Crippen LogP contribution is -2.62. The van der Waals surface area contributed by atoms with E-state index in [9.17, 15) is 20.1 Å². The van der Waals surface area contributed by atoms with Gasteiger partial charge < -0.3 is 20.4 Å². The molecule has 0 aromatic rings. The van der Waals surface area contributed by atoms with Crippen molar-refractivity contribution in [2.45, 2.75) is 96.9 Å². The van der Waals surface area contributed by atoms with E-state index in [1.807, 2.05) is 0 Å². The first-order valence-electron chi connectivity index (χ1n) is 11.8. The number of rotatable bonds is 4. The summed E-state index contributed by atoms with van der Waals surface area (Å²) >= 11 is 0. The summed E-state index contributed by atoms with van der Waals surface area (Å²) in [7, 11) is 0. The van der Waals surface area contributed by atoms with Crippen LogP contribution in [0.2, 0.25) is 0 Å². The highest BCUT2D eigenvalue weighted by Crippen LogP contribution is 2.68. The quantitative estimate of drug-likeness (QED) is 0.571. The summed E-state index contributed by atoms with van der Waals surface area (Å²) < 4.78 is 0. The van der Waals surface area contributed by atoms with Crippen LogP contribution in [0.1, 0.15) is 78.6 Å². The van der Waals surface area contributed by atoms with Gasteiger partial charge in [0.2, 0.25) is 0 Å². The molecule has 0 aromatic heterocycles. The van der Waals surface area contributed by atoms with Crippen LogP contribution in [-0.2, 0) is 4.79 Å². The first-order valence-corrected chi connectivity index (χ1v) is 11.8. The number of hydrogen-bond donors (Lipinski definition) is 4. The summed E-state index contributed by atoms with van der Waals surface area (Å²) in [6.45, 7) is 6.72. The lowest BCUT2D eigenvalue weighted by atomic mass is 9.43. The third-order valence-electron chi connectivity index (χ3n) is 10.3. The van der Waals surface area contributed by atoms with Crippen molar-refractivity contribution >= 4 is 5.97 Å². The molecule has 0 aromatic carbocycles. The Balaban J connectivity index is 1.61. The molecule has 11 atom stereocenters. The number of carboxylic acid groups (broad SMARTS) is 1. The Bertz CT molecular complexity index is 637. The van der Waals surface area contributed by atoms with Gasteiger partial charge in [0.05, 0.1) is 18.3 Å². The van der Waals surface area contributed by atoms with Crippen LogP contribution in [0.25, 0.3) is 0 Å². The molecule has 0 spiro atoms. The van der Waals surface area contributed by atoms with E-state index in [0.717, 1.165) is 44.9 Å². The minimum atomic E-state index is -0.748. The lowest BCUT2D eigenvalue weighted by Gasteiger charge is -2.63. The van der Waals surface area contributed by atoms with Gasteiger partial charge in [-0.3, -0.25) is 4.79 Å². The third kappa shape index (κ3) is 3.27. The van der Waals surface area contributed by atoms with E-state index in [1.165, 1.54) is 0 Å². The maximum atomic E-state index is 11.5. The van der Waals surface area contributed by atoms with E-state index in [1.54, 1.807) is 0 Å². The van der Waals surface area contributed by atoms with Crippen molar-refractivity contribution in [3.05, 3.63) is 0 Å². The molecular formula is C24H40O5. The van der Waals surface area contributed by atoms with E-state index < -0.39 is 12.1 Å². The number of carboxylic acids is 1. The topological polar surface area (TPSA) is 98.0 Å². The Morgan fingerprint density at radius 2 is 1.76 bits per heavy atom. The number of aliphatic carboxylic acids is 1. The zero-order valence-electron chi connectivity index (χ0n) is 18.3. The Morgan fingerprint density at radius 1 is 1.03 bits per heavy atom. The molecule has 4 aliphatic rings. The van der Waals surface area contributed by atoms with Gasteiger partial charge in [-0.2, -0.15) is 0 Å². The molecule has 5 nitrogen and oxygen atoms in total. The van der Waals surface area contributed by atoms with Crippen molar-refractivity contribution in [2.75, 3.05) is 0 Å². The molecule has 4 fully saturated rings. The van der Waals surface area contributed by atoms with E-state index in [-0.39, 0.29) is 41.3 Å². The van der Waals surface area contributed by atoms with Crippen molar-refractivity contribution < 1.29 is 25.2 Å². The van der Waals surface area contributed by atoms with Crippen LogP contribution in [0.15, 0.2) is 0 Å². The Kier molecular flexibility index (Phi) is 5.57. The fraction of sp³-hybridized carbons (Fsp3) is 0.958. The predicted molar refractivity (Wildman–Crippen MR) is 110 cm³/mol. The number of aliphatic hydroxyl groups excluding tert-OH is 3. The molecule has 4 aliphatic carbocycles. The standard InChI is InChI=1S/C24H40O5/c1-13(4-7-21(28)29)16-5-6-17-22-18(12-20(27)24(16,17)3)23(2)9-8-15(25)10-14(23)11-19(22)26/h13-20,22,25-27H,4-12H2,1-3H3,(H,28,29)/t13-,14+,15-,16-,17+,18+,19?,20+,22+,23+,24-/m1/s1. The summed E-state index contributed by atoms with van der Waals surface area (Å²) in [5.41, 5.74) is -0.143. The van der Waals surface area contributed by atoms with Gasteiger partial charge in [0.25, 0.3) is 0 Å². The van der Waals surface area contributed by atoms with Gasteiger partial charge in [-0.25, -0.2) is 0 Å². The minimum Gasteiger partial charge on any atom is -0.481 e. The molecule has 5 heteroatoms. The minimum absolute atomic E-state index is 0.0957. The van der Waals surface area contributed by atoms with Crippen LogP contribution in [0.4, 0.5) is 0 Å². The second-order valence-corrected chi connectivity index (χ2v) is 11.4. The van der Waals surface area contributed by atoms with Gasteiger partial charge >= 0.3 is 5.97 Å². The first-order chi connectivity index (χ1) is 13.6. The first kappa shape index (κ1) is 21.6. The van der Waals surface area contributed by atoms with Gasteiger partial charge in [-0.15, -0.1) is 0 Å². The summed E-state index contributed by atoms with van der Waals surface area (Å²) in [5, 5.41) is 42.0. The fourth-order valence-corrected chi connectivity index (χ4v) is 8.68. The fourth-order valence-electron chi connectivity index (χ4n) is 8.68. The van der Waals surface area contributed by atoms with E-state index in [4.69, 9.17) is 5.11 Å². The molecule has 4 saturated carbocycles. The summed E-state index contributed by atoms with van der Waals surface area (Å²) in [6, 6.07) is 0. The Labute approximate surface area is 174 Å². The van der Waals surface area contributed by atoms with Gasteiger partial charge in [0.15, 0.2) is 0 Å². The highest BCUT2D eigenvalue weighted by molar-refractivity contribution is 5.66. The van der Waals surface area contributed by atoms with Gasteiger partial charge in [-0.1, -0.05) is 20.8 Å². The summed E-state index contributed by atoms with van der Waals surface area (Å²) in [6.07, 6.45) is 6.00. The molecular weight excluding hydrogens is 368 g/mol. The second-order valence-electron chi connectivity index (χ2n) is 11.4. The Morgan fingerprint density at radius 3 is 2.45 bits per heavy atom. The maximum absolute atomic E-state index is 11.5. The molecule has 1 unspecified atom stereocenters. The summed E-state index contributed by atoms with van der Waals surface area (Å²) in [5.74, 6) is 0.997. The van der Waals surface area contributed by atoms with Gasteiger partial charge in [-0.05, 0) is 97.7 Å². The zero-order valence-corrected chi connectivity index (χ0v) is 18.3.